The van der Waals surface area contributed by atoms with Gasteiger partial charge in [-0.3, -0.25) is 4.98 Å². The molecule has 1 aliphatic rings. The van der Waals surface area contributed by atoms with Crippen molar-refractivity contribution in [1.82, 2.24) is 4.98 Å². The Morgan fingerprint density at radius 1 is 0.750 bits per heavy atom. The number of pyridine rings is 1. The third-order valence-corrected chi connectivity index (χ3v) is 5.11. The van der Waals surface area contributed by atoms with Gasteiger partial charge in [-0.05, 0) is 40.3 Å². The number of hydrogen-bond acceptors (Lipinski definition) is 1. The molecular weight excluding hydrogens is 290 g/mol. The fraction of sp³-hybridized carbons (Fsp3) is 0.0870. The molecule has 0 bridgehead atoms. The SMILES string of the molecule is Cc1cccc2c3c(cnc12)C(c1ccccc1)c1ccccc1-3. The highest BCUT2D eigenvalue weighted by molar-refractivity contribution is 6.01. The van der Waals surface area contributed by atoms with Crippen LogP contribution in [-0.2, 0) is 0 Å². The fourth-order valence-corrected chi connectivity index (χ4v) is 4.05. The van der Waals surface area contributed by atoms with E-state index in [1.165, 1.54) is 38.8 Å². The maximum absolute atomic E-state index is 4.81. The Kier molecular flexibility index (Phi) is 2.83. The molecule has 0 saturated heterocycles. The molecule has 1 aliphatic carbocycles. The van der Waals surface area contributed by atoms with E-state index in [1.54, 1.807) is 0 Å². The summed E-state index contributed by atoms with van der Waals surface area (Å²) in [4.78, 5) is 4.81. The van der Waals surface area contributed by atoms with Crippen LogP contribution in [0.3, 0.4) is 0 Å². The van der Waals surface area contributed by atoms with Gasteiger partial charge in [0.05, 0.1) is 5.52 Å². The molecule has 4 aromatic rings. The number of rotatable bonds is 1. The largest absolute Gasteiger partial charge is 0.256 e. The van der Waals surface area contributed by atoms with Gasteiger partial charge in [0.25, 0.3) is 0 Å². The molecule has 0 radical (unpaired) electrons. The number of aromatic nitrogens is 1. The van der Waals surface area contributed by atoms with Crippen molar-refractivity contribution >= 4 is 10.9 Å². The predicted molar refractivity (Wildman–Crippen MR) is 99.3 cm³/mol. The fourth-order valence-electron chi connectivity index (χ4n) is 4.05. The highest BCUT2D eigenvalue weighted by atomic mass is 14.7. The van der Waals surface area contributed by atoms with Crippen LogP contribution < -0.4 is 0 Å². The molecule has 5 rings (SSSR count). The van der Waals surface area contributed by atoms with Gasteiger partial charge < -0.3 is 0 Å². The summed E-state index contributed by atoms with van der Waals surface area (Å²) in [5, 5.41) is 1.26. The molecule has 1 nitrogen and oxygen atoms in total. The lowest BCUT2D eigenvalue weighted by molar-refractivity contribution is 1.01. The summed E-state index contributed by atoms with van der Waals surface area (Å²) in [5.41, 5.74) is 9.08. The Morgan fingerprint density at radius 2 is 1.54 bits per heavy atom. The zero-order chi connectivity index (χ0) is 16.1. The highest BCUT2D eigenvalue weighted by Gasteiger charge is 2.31. The Balaban J connectivity index is 1.90. The van der Waals surface area contributed by atoms with Gasteiger partial charge >= 0.3 is 0 Å². The number of aryl methyl sites for hydroxylation is 1. The molecule has 1 atom stereocenters. The van der Waals surface area contributed by atoms with E-state index in [0.29, 0.717) is 0 Å². The van der Waals surface area contributed by atoms with Crippen molar-refractivity contribution in [1.29, 1.82) is 0 Å². The molecule has 1 unspecified atom stereocenters. The predicted octanol–water partition coefficient (Wildman–Crippen LogP) is 5.70. The standard InChI is InChI=1S/C23H17N/c1-15-8-7-13-19-22-18-12-6-5-11-17(18)21(16-9-3-2-4-10-16)20(22)14-24-23(15)19/h2-14,21H,1H3. The molecule has 0 amide bonds. The summed E-state index contributed by atoms with van der Waals surface area (Å²) in [7, 11) is 0. The van der Waals surface area contributed by atoms with Crippen molar-refractivity contribution in [3.63, 3.8) is 0 Å². The van der Waals surface area contributed by atoms with Crippen molar-refractivity contribution in [2.75, 3.05) is 0 Å². The minimum Gasteiger partial charge on any atom is -0.256 e. The Morgan fingerprint density at radius 3 is 2.42 bits per heavy atom. The first-order valence-corrected chi connectivity index (χ1v) is 8.37. The minimum absolute atomic E-state index is 0.273. The van der Waals surface area contributed by atoms with E-state index in [0.717, 1.165) is 5.52 Å². The van der Waals surface area contributed by atoms with Crippen LogP contribution in [0.5, 0.6) is 0 Å². The quantitative estimate of drug-likeness (QED) is 0.387. The molecule has 114 valence electrons. The van der Waals surface area contributed by atoms with E-state index >= 15 is 0 Å². The molecule has 1 heteroatoms. The van der Waals surface area contributed by atoms with Gasteiger partial charge in [0.15, 0.2) is 0 Å². The summed E-state index contributed by atoms with van der Waals surface area (Å²) >= 11 is 0. The van der Waals surface area contributed by atoms with E-state index < -0.39 is 0 Å². The molecule has 1 heterocycles. The van der Waals surface area contributed by atoms with Crippen molar-refractivity contribution in [3.8, 4) is 11.1 Å². The third-order valence-electron chi connectivity index (χ3n) is 5.11. The number of para-hydroxylation sites is 1. The van der Waals surface area contributed by atoms with Crippen molar-refractivity contribution in [3.05, 3.63) is 101 Å². The molecule has 0 fully saturated rings. The molecule has 3 aromatic carbocycles. The highest BCUT2D eigenvalue weighted by Crippen LogP contribution is 2.50. The maximum Gasteiger partial charge on any atom is 0.0737 e. The van der Waals surface area contributed by atoms with Gasteiger partial charge in [0.2, 0.25) is 0 Å². The van der Waals surface area contributed by atoms with E-state index in [1.807, 2.05) is 0 Å². The van der Waals surface area contributed by atoms with Crippen LogP contribution >= 0.6 is 0 Å². The van der Waals surface area contributed by atoms with Crippen LogP contribution in [0, 0.1) is 6.92 Å². The van der Waals surface area contributed by atoms with Gasteiger partial charge in [-0.15, -0.1) is 0 Å². The Hall–Kier alpha value is -2.93. The average molecular weight is 307 g/mol. The van der Waals surface area contributed by atoms with Crippen molar-refractivity contribution in [2.45, 2.75) is 12.8 Å². The van der Waals surface area contributed by atoms with Crippen LogP contribution in [-0.4, -0.2) is 4.98 Å². The Labute approximate surface area is 141 Å². The van der Waals surface area contributed by atoms with Gasteiger partial charge in [0, 0.05) is 17.5 Å². The van der Waals surface area contributed by atoms with Crippen LogP contribution in [0.25, 0.3) is 22.0 Å². The lowest BCUT2D eigenvalue weighted by Crippen LogP contribution is -1.99. The molecular formula is C23H17N. The second-order valence-corrected chi connectivity index (χ2v) is 6.49. The van der Waals surface area contributed by atoms with Gasteiger partial charge in [-0.2, -0.15) is 0 Å². The number of hydrogen-bond donors (Lipinski definition) is 0. The summed E-state index contributed by atoms with van der Waals surface area (Å²) in [5.74, 6) is 0.273. The molecule has 0 saturated carbocycles. The topological polar surface area (TPSA) is 12.9 Å². The van der Waals surface area contributed by atoms with Gasteiger partial charge in [-0.25, -0.2) is 0 Å². The smallest absolute Gasteiger partial charge is 0.0737 e. The lowest BCUT2D eigenvalue weighted by atomic mass is 9.90. The second-order valence-electron chi connectivity index (χ2n) is 6.49. The van der Waals surface area contributed by atoms with Crippen LogP contribution in [0.4, 0.5) is 0 Å². The first-order chi connectivity index (χ1) is 11.8. The lowest BCUT2D eigenvalue weighted by Gasteiger charge is -2.14. The minimum atomic E-state index is 0.273. The summed E-state index contributed by atoms with van der Waals surface area (Å²) in [6.07, 6.45) is 2.09. The molecule has 1 aromatic heterocycles. The van der Waals surface area contributed by atoms with Crippen LogP contribution in [0.1, 0.15) is 28.2 Å². The number of fused-ring (bicyclic) bond motifs is 5. The molecule has 0 aliphatic heterocycles. The molecule has 0 N–H and O–H groups in total. The Bertz CT molecular complexity index is 1060. The monoisotopic (exact) mass is 307 g/mol. The van der Waals surface area contributed by atoms with Crippen LogP contribution in [0.15, 0.2) is 79.0 Å². The van der Waals surface area contributed by atoms with E-state index in [-0.39, 0.29) is 5.92 Å². The number of nitrogens with zero attached hydrogens (tertiary/aromatic N) is 1. The van der Waals surface area contributed by atoms with Crippen molar-refractivity contribution < 1.29 is 0 Å². The maximum atomic E-state index is 4.81. The second kappa shape index (κ2) is 5.04. The number of benzene rings is 3. The summed E-state index contributed by atoms with van der Waals surface area (Å²) in [6.45, 7) is 2.14. The average Bonchev–Trinajstić information content (AvgIpc) is 2.97. The first-order valence-electron chi connectivity index (χ1n) is 8.37. The van der Waals surface area contributed by atoms with E-state index in [9.17, 15) is 0 Å². The first kappa shape index (κ1) is 13.5. The third kappa shape index (κ3) is 1.78. The van der Waals surface area contributed by atoms with E-state index in [4.69, 9.17) is 4.98 Å². The van der Waals surface area contributed by atoms with Crippen LogP contribution in [0.2, 0.25) is 0 Å². The molecule has 24 heavy (non-hydrogen) atoms. The van der Waals surface area contributed by atoms with Gasteiger partial charge in [-0.1, -0.05) is 72.8 Å². The van der Waals surface area contributed by atoms with E-state index in [2.05, 4.69) is 85.9 Å². The summed E-state index contributed by atoms with van der Waals surface area (Å²) < 4.78 is 0. The van der Waals surface area contributed by atoms with Crippen molar-refractivity contribution in [2.24, 2.45) is 0 Å². The zero-order valence-corrected chi connectivity index (χ0v) is 13.5. The zero-order valence-electron chi connectivity index (χ0n) is 13.5. The molecule has 0 spiro atoms. The summed E-state index contributed by atoms with van der Waals surface area (Å²) in [6, 6.07) is 26.0. The van der Waals surface area contributed by atoms with Gasteiger partial charge in [0.1, 0.15) is 0 Å². The normalized spacial score (nSPS) is 15.3.